The standard InChI is InChI=1S/C11H19NO3/c1-3-5-8-6-10(13)12(7-8)9(4-2)11(14)15/h8-9H,3-7H2,1-2H3,(H,14,15)/t8-,9+/m1/s1. The average molecular weight is 213 g/mol. The van der Waals surface area contributed by atoms with Crippen molar-refractivity contribution in [2.24, 2.45) is 5.92 Å². The summed E-state index contributed by atoms with van der Waals surface area (Å²) in [6.45, 7) is 4.51. The van der Waals surface area contributed by atoms with E-state index in [0.717, 1.165) is 12.8 Å². The molecule has 0 spiro atoms. The van der Waals surface area contributed by atoms with Crippen LogP contribution in [-0.2, 0) is 9.59 Å². The van der Waals surface area contributed by atoms with Gasteiger partial charge in [0.2, 0.25) is 5.91 Å². The number of carboxylic acids is 1. The van der Waals surface area contributed by atoms with E-state index in [1.54, 1.807) is 6.92 Å². The van der Waals surface area contributed by atoms with Crippen LogP contribution in [0.5, 0.6) is 0 Å². The third-order valence-corrected chi connectivity index (χ3v) is 2.98. The molecule has 4 heteroatoms. The summed E-state index contributed by atoms with van der Waals surface area (Å²) in [6.07, 6.45) is 3.07. The van der Waals surface area contributed by atoms with Crippen molar-refractivity contribution in [2.75, 3.05) is 6.54 Å². The smallest absolute Gasteiger partial charge is 0.326 e. The molecule has 1 N–H and O–H groups in total. The van der Waals surface area contributed by atoms with E-state index in [0.29, 0.717) is 25.3 Å². The molecule has 15 heavy (non-hydrogen) atoms. The molecule has 0 aliphatic carbocycles. The van der Waals surface area contributed by atoms with Crippen LogP contribution in [0.15, 0.2) is 0 Å². The summed E-state index contributed by atoms with van der Waals surface area (Å²) in [5, 5.41) is 8.97. The van der Waals surface area contributed by atoms with Crippen molar-refractivity contribution >= 4 is 11.9 Å². The predicted octanol–water partition coefficient (Wildman–Crippen LogP) is 1.50. The Kier molecular flexibility index (Phi) is 4.12. The molecule has 4 nitrogen and oxygen atoms in total. The monoisotopic (exact) mass is 213 g/mol. The van der Waals surface area contributed by atoms with Crippen LogP contribution in [0.4, 0.5) is 0 Å². The van der Waals surface area contributed by atoms with Crippen molar-refractivity contribution in [3.8, 4) is 0 Å². The maximum absolute atomic E-state index is 11.6. The summed E-state index contributed by atoms with van der Waals surface area (Å²) < 4.78 is 0. The largest absolute Gasteiger partial charge is 0.480 e. The van der Waals surface area contributed by atoms with Crippen LogP contribution < -0.4 is 0 Å². The summed E-state index contributed by atoms with van der Waals surface area (Å²) >= 11 is 0. The number of aliphatic carboxylic acids is 1. The molecule has 1 saturated heterocycles. The number of amides is 1. The lowest BCUT2D eigenvalue weighted by molar-refractivity contribution is -0.148. The lowest BCUT2D eigenvalue weighted by Gasteiger charge is -2.23. The highest BCUT2D eigenvalue weighted by Crippen LogP contribution is 2.24. The molecular weight excluding hydrogens is 194 g/mol. The van der Waals surface area contributed by atoms with E-state index in [9.17, 15) is 9.59 Å². The Hall–Kier alpha value is -1.06. The second kappa shape index (κ2) is 5.14. The van der Waals surface area contributed by atoms with Gasteiger partial charge in [-0.25, -0.2) is 4.79 Å². The van der Waals surface area contributed by atoms with Gasteiger partial charge in [-0.05, 0) is 18.8 Å². The van der Waals surface area contributed by atoms with Crippen molar-refractivity contribution in [1.82, 2.24) is 4.90 Å². The summed E-state index contributed by atoms with van der Waals surface area (Å²) in [4.78, 5) is 24.1. The Labute approximate surface area is 90.3 Å². The van der Waals surface area contributed by atoms with Gasteiger partial charge in [0.05, 0.1) is 0 Å². The number of rotatable bonds is 5. The molecule has 0 aromatic heterocycles. The topological polar surface area (TPSA) is 57.6 Å². The third-order valence-electron chi connectivity index (χ3n) is 2.98. The third kappa shape index (κ3) is 2.70. The van der Waals surface area contributed by atoms with Gasteiger partial charge < -0.3 is 10.0 Å². The quantitative estimate of drug-likeness (QED) is 0.753. The fourth-order valence-electron chi connectivity index (χ4n) is 2.24. The van der Waals surface area contributed by atoms with Gasteiger partial charge in [-0.2, -0.15) is 0 Å². The molecule has 86 valence electrons. The Balaban J connectivity index is 2.63. The van der Waals surface area contributed by atoms with E-state index >= 15 is 0 Å². The molecule has 1 amide bonds. The molecule has 0 aromatic rings. The minimum atomic E-state index is -0.886. The predicted molar refractivity (Wildman–Crippen MR) is 56.4 cm³/mol. The van der Waals surface area contributed by atoms with Gasteiger partial charge in [-0.3, -0.25) is 4.79 Å². The number of carboxylic acid groups (broad SMARTS) is 1. The van der Waals surface area contributed by atoms with Crippen LogP contribution in [0.3, 0.4) is 0 Å². The molecule has 1 fully saturated rings. The summed E-state index contributed by atoms with van der Waals surface area (Å²) in [6, 6.07) is -0.626. The molecule has 1 aliphatic heterocycles. The Morgan fingerprint density at radius 2 is 2.27 bits per heavy atom. The fourth-order valence-corrected chi connectivity index (χ4v) is 2.24. The summed E-state index contributed by atoms with van der Waals surface area (Å²) in [5.41, 5.74) is 0. The minimum absolute atomic E-state index is 0.00250. The lowest BCUT2D eigenvalue weighted by atomic mass is 10.0. The van der Waals surface area contributed by atoms with Crippen LogP contribution in [0.1, 0.15) is 39.5 Å². The van der Waals surface area contributed by atoms with E-state index in [1.807, 2.05) is 0 Å². The number of hydrogen-bond donors (Lipinski definition) is 1. The first-order chi connectivity index (χ1) is 7.10. The zero-order chi connectivity index (χ0) is 11.4. The van der Waals surface area contributed by atoms with Crippen LogP contribution in [0.2, 0.25) is 0 Å². The number of hydrogen-bond acceptors (Lipinski definition) is 2. The molecule has 1 aliphatic rings. The first kappa shape index (κ1) is 12.0. The summed E-state index contributed by atoms with van der Waals surface area (Å²) in [5.74, 6) is -0.526. The number of carbonyl (C=O) groups excluding carboxylic acids is 1. The van der Waals surface area contributed by atoms with E-state index in [-0.39, 0.29) is 5.91 Å². The van der Waals surface area contributed by atoms with Gasteiger partial charge in [-0.1, -0.05) is 20.3 Å². The first-order valence-electron chi connectivity index (χ1n) is 5.62. The van der Waals surface area contributed by atoms with Crippen molar-refractivity contribution in [3.05, 3.63) is 0 Å². The SMILES string of the molecule is CCC[C@@H]1CC(=O)N([C@@H](CC)C(=O)O)C1. The van der Waals surface area contributed by atoms with Gasteiger partial charge in [0.1, 0.15) is 6.04 Å². The molecule has 2 atom stereocenters. The molecule has 0 radical (unpaired) electrons. The Morgan fingerprint density at radius 1 is 1.60 bits per heavy atom. The second-order valence-electron chi connectivity index (χ2n) is 4.17. The molecular formula is C11H19NO3. The highest BCUT2D eigenvalue weighted by molar-refractivity contribution is 5.85. The first-order valence-corrected chi connectivity index (χ1v) is 5.62. The van der Waals surface area contributed by atoms with Crippen molar-refractivity contribution in [1.29, 1.82) is 0 Å². The number of likely N-dealkylation sites (tertiary alicyclic amines) is 1. The highest BCUT2D eigenvalue weighted by Gasteiger charge is 2.36. The highest BCUT2D eigenvalue weighted by atomic mass is 16.4. The van der Waals surface area contributed by atoms with Crippen LogP contribution in [0, 0.1) is 5.92 Å². The van der Waals surface area contributed by atoms with Crippen molar-refractivity contribution < 1.29 is 14.7 Å². The molecule has 0 bridgehead atoms. The Morgan fingerprint density at radius 3 is 2.73 bits per heavy atom. The van der Waals surface area contributed by atoms with Gasteiger partial charge >= 0.3 is 5.97 Å². The number of carbonyl (C=O) groups is 2. The van der Waals surface area contributed by atoms with Crippen LogP contribution in [0.25, 0.3) is 0 Å². The lowest BCUT2D eigenvalue weighted by Crippen LogP contribution is -2.41. The van der Waals surface area contributed by atoms with E-state index in [2.05, 4.69) is 6.92 Å². The van der Waals surface area contributed by atoms with Gasteiger partial charge in [-0.15, -0.1) is 0 Å². The number of nitrogens with zero attached hydrogens (tertiary/aromatic N) is 1. The minimum Gasteiger partial charge on any atom is -0.480 e. The fraction of sp³-hybridized carbons (Fsp3) is 0.818. The van der Waals surface area contributed by atoms with E-state index in [1.165, 1.54) is 4.90 Å². The van der Waals surface area contributed by atoms with Crippen LogP contribution >= 0.6 is 0 Å². The van der Waals surface area contributed by atoms with Crippen molar-refractivity contribution in [2.45, 2.75) is 45.6 Å². The Bertz CT molecular complexity index is 252. The van der Waals surface area contributed by atoms with Gasteiger partial charge in [0.15, 0.2) is 0 Å². The van der Waals surface area contributed by atoms with E-state index in [4.69, 9.17) is 5.11 Å². The summed E-state index contributed by atoms with van der Waals surface area (Å²) in [7, 11) is 0. The second-order valence-corrected chi connectivity index (χ2v) is 4.17. The molecule has 0 aromatic carbocycles. The maximum atomic E-state index is 11.6. The average Bonchev–Trinajstić information content (AvgIpc) is 2.49. The van der Waals surface area contributed by atoms with Gasteiger partial charge in [0.25, 0.3) is 0 Å². The van der Waals surface area contributed by atoms with E-state index < -0.39 is 12.0 Å². The molecule has 1 heterocycles. The van der Waals surface area contributed by atoms with Gasteiger partial charge in [0, 0.05) is 13.0 Å². The zero-order valence-electron chi connectivity index (χ0n) is 9.40. The molecule has 1 rings (SSSR count). The molecule has 0 unspecified atom stereocenters. The maximum Gasteiger partial charge on any atom is 0.326 e. The molecule has 0 saturated carbocycles. The van der Waals surface area contributed by atoms with Crippen LogP contribution in [-0.4, -0.2) is 34.5 Å². The zero-order valence-corrected chi connectivity index (χ0v) is 9.40. The normalized spacial score (nSPS) is 23.2. The van der Waals surface area contributed by atoms with Crippen molar-refractivity contribution in [3.63, 3.8) is 0 Å².